The minimum absolute atomic E-state index is 0.289. The van der Waals surface area contributed by atoms with Gasteiger partial charge in [0.25, 0.3) is 0 Å². The van der Waals surface area contributed by atoms with E-state index in [1.165, 1.54) is 6.42 Å². The first-order valence-electron chi connectivity index (χ1n) is 4.52. The van der Waals surface area contributed by atoms with Crippen LogP contribution in [0.5, 0.6) is 0 Å². The highest BCUT2D eigenvalue weighted by atomic mass is 16.3. The highest BCUT2D eigenvalue weighted by Crippen LogP contribution is 2.47. The van der Waals surface area contributed by atoms with Crippen LogP contribution in [0.1, 0.15) is 19.8 Å². The first-order chi connectivity index (χ1) is 5.63. The molecule has 2 aliphatic carbocycles. The maximum absolute atomic E-state index is 9.88. The molecular formula is C11H14O. The molecule has 0 aromatic heterocycles. The molecule has 0 aromatic carbocycles. The lowest BCUT2D eigenvalue weighted by molar-refractivity contribution is 0.0434. The number of terminal acetylenes is 1. The molecule has 1 fully saturated rings. The Hall–Kier alpha value is -0.740. The molecule has 12 heavy (non-hydrogen) atoms. The molecular weight excluding hydrogens is 148 g/mol. The van der Waals surface area contributed by atoms with Crippen LogP contribution in [0.4, 0.5) is 0 Å². The van der Waals surface area contributed by atoms with Gasteiger partial charge in [0.1, 0.15) is 5.60 Å². The van der Waals surface area contributed by atoms with Gasteiger partial charge in [0, 0.05) is 5.92 Å². The van der Waals surface area contributed by atoms with Crippen LogP contribution in [0.2, 0.25) is 0 Å². The van der Waals surface area contributed by atoms with Crippen LogP contribution in [0.3, 0.4) is 0 Å². The van der Waals surface area contributed by atoms with Gasteiger partial charge < -0.3 is 5.11 Å². The second-order valence-corrected chi connectivity index (χ2v) is 4.18. The van der Waals surface area contributed by atoms with Gasteiger partial charge in [-0.1, -0.05) is 18.1 Å². The van der Waals surface area contributed by atoms with Gasteiger partial charge in [0.05, 0.1) is 0 Å². The topological polar surface area (TPSA) is 20.2 Å². The van der Waals surface area contributed by atoms with Crippen molar-refractivity contribution < 1.29 is 5.11 Å². The lowest BCUT2D eigenvalue weighted by Gasteiger charge is -2.29. The van der Waals surface area contributed by atoms with Crippen molar-refractivity contribution in [1.82, 2.24) is 0 Å². The number of fused-ring (bicyclic) bond motifs is 2. The first-order valence-corrected chi connectivity index (χ1v) is 4.52. The summed E-state index contributed by atoms with van der Waals surface area (Å²) < 4.78 is 0. The molecule has 0 radical (unpaired) electrons. The summed E-state index contributed by atoms with van der Waals surface area (Å²) in [7, 11) is 0. The molecule has 2 bridgehead atoms. The second-order valence-electron chi connectivity index (χ2n) is 4.18. The van der Waals surface area contributed by atoms with Gasteiger partial charge in [0.15, 0.2) is 0 Å². The Bertz CT molecular complexity index is 257. The Balaban J connectivity index is 2.19. The van der Waals surface area contributed by atoms with Gasteiger partial charge in [-0.15, -0.1) is 6.42 Å². The van der Waals surface area contributed by atoms with Crippen LogP contribution >= 0.6 is 0 Å². The molecule has 0 heterocycles. The second kappa shape index (κ2) is 2.37. The summed E-state index contributed by atoms with van der Waals surface area (Å²) >= 11 is 0. The third kappa shape index (κ3) is 0.990. The number of allylic oxidation sites excluding steroid dienone is 2. The first kappa shape index (κ1) is 7.89. The minimum atomic E-state index is -0.899. The third-order valence-corrected chi connectivity index (χ3v) is 3.29. The van der Waals surface area contributed by atoms with Crippen LogP contribution in [-0.4, -0.2) is 10.7 Å². The largest absolute Gasteiger partial charge is 0.378 e. The number of hydrogen-bond acceptors (Lipinski definition) is 1. The lowest BCUT2D eigenvalue weighted by Crippen LogP contribution is -2.35. The Morgan fingerprint density at radius 3 is 2.67 bits per heavy atom. The van der Waals surface area contributed by atoms with Crippen molar-refractivity contribution in [3.63, 3.8) is 0 Å². The van der Waals surface area contributed by atoms with E-state index in [4.69, 9.17) is 6.42 Å². The molecule has 0 amide bonds. The van der Waals surface area contributed by atoms with Gasteiger partial charge in [-0.05, 0) is 31.6 Å². The summed E-state index contributed by atoms with van der Waals surface area (Å²) in [6.07, 6.45) is 12.0. The van der Waals surface area contributed by atoms with E-state index in [1.807, 2.05) is 0 Å². The fourth-order valence-corrected chi connectivity index (χ4v) is 2.53. The maximum atomic E-state index is 9.88. The van der Waals surface area contributed by atoms with E-state index in [-0.39, 0.29) is 5.92 Å². The van der Waals surface area contributed by atoms with Crippen LogP contribution in [0.15, 0.2) is 12.2 Å². The summed E-state index contributed by atoms with van der Waals surface area (Å²) in [6, 6.07) is 0. The van der Waals surface area contributed by atoms with E-state index in [0.29, 0.717) is 11.8 Å². The summed E-state index contributed by atoms with van der Waals surface area (Å²) in [5.41, 5.74) is -0.899. The van der Waals surface area contributed by atoms with Crippen molar-refractivity contribution in [2.75, 3.05) is 0 Å². The Labute approximate surface area is 73.5 Å². The zero-order valence-electron chi connectivity index (χ0n) is 7.33. The summed E-state index contributed by atoms with van der Waals surface area (Å²) in [5.74, 6) is 3.99. The molecule has 1 nitrogen and oxygen atoms in total. The summed E-state index contributed by atoms with van der Waals surface area (Å²) in [6.45, 7) is 1.76. The third-order valence-electron chi connectivity index (χ3n) is 3.29. The van der Waals surface area contributed by atoms with Crippen molar-refractivity contribution in [3.8, 4) is 12.3 Å². The highest BCUT2D eigenvalue weighted by Gasteiger charge is 2.44. The summed E-state index contributed by atoms with van der Waals surface area (Å²) in [4.78, 5) is 0. The predicted octanol–water partition coefficient (Wildman–Crippen LogP) is 1.58. The fraction of sp³-hybridized carbons (Fsp3) is 0.636. The molecule has 64 valence electrons. The van der Waals surface area contributed by atoms with Crippen molar-refractivity contribution in [2.24, 2.45) is 17.8 Å². The van der Waals surface area contributed by atoms with Gasteiger partial charge in [-0.2, -0.15) is 0 Å². The Kier molecular flexibility index (Phi) is 1.56. The normalized spacial score (nSPS) is 42.6. The van der Waals surface area contributed by atoms with Crippen molar-refractivity contribution in [1.29, 1.82) is 0 Å². The number of rotatable bonds is 1. The van der Waals surface area contributed by atoms with Crippen molar-refractivity contribution in [3.05, 3.63) is 12.2 Å². The van der Waals surface area contributed by atoms with Crippen LogP contribution in [0, 0.1) is 30.1 Å². The van der Waals surface area contributed by atoms with E-state index >= 15 is 0 Å². The minimum Gasteiger partial charge on any atom is -0.378 e. The molecule has 0 unspecified atom stereocenters. The van der Waals surface area contributed by atoms with Crippen molar-refractivity contribution >= 4 is 0 Å². The van der Waals surface area contributed by atoms with Crippen LogP contribution < -0.4 is 0 Å². The molecule has 4 atom stereocenters. The van der Waals surface area contributed by atoms with Gasteiger partial charge in [-0.25, -0.2) is 0 Å². The Morgan fingerprint density at radius 2 is 2.25 bits per heavy atom. The van der Waals surface area contributed by atoms with E-state index < -0.39 is 5.60 Å². The monoisotopic (exact) mass is 162 g/mol. The highest BCUT2D eigenvalue weighted by molar-refractivity contribution is 5.19. The zero-order valence-corrected chi connectivity index (χ0v) is 7.33. The Morgan fingerprint density at radius 1 is 1.50 bits per heavy atom. The number of hydrogen-bond donors (Lipinski definition) is 1. The molecule has 1 saturated carbocycles. The fourth-order valence-electron chi connectivity index (χ4n) is 2.53. The molecule has 0 spiro atoms. The van der Waals surface area contributed by atoms with Crippen molar-refractivity contribution in [2.45, 2.75) is 25.4 Å². The van der Waals surface area contributed by atoms with Crippen LogP contribution in [-0.2, 0) is 0 Å². The van der Waals surface area contributed by atoms with Gasteiger partial charge in [-0.3, -0.25) is 0 Å². The molecule has 2 rings (SSSR count). The molecule has 2 aliphatic rings. The van der Waals surface area contributed by atoms with Gasteiger partial charge in [0.2, 0.25) is 0 Å². The van der Waals surface area contributed by atoms with E-state index in [1.54, 1.807) is 6.92 Å². The van der Waals surface area contributed by atoms with E-state index in [0.717, 1.165) is 6.42 Å². The zero-order chi connectivity index (χ0) is 8.77. The van der Waals surface area contributed by atoms with Crippen LogP contribution in [0.25, 0.3) is 0 Å². The molecule has 1 heteroatoms. The number of aliphatic hydroxyl groups is 1. The van der Waals surface area contributed by atoms with Gasteiger partial charge >= 0.3 is 0 Å². The average molecular weight is 162 g/mol. The molecule has 1 N–H and O–H groups in total. The molecule has 0 aromatic rings. The molecule has 0 aliphatic heterocycles. The lowest BCUT2D eigenvalue weighted by atomic mass is 9.80. The summed E-state index contributed by atoms with van der Waals surface area (Å²) in [5, 5.41) is 9.88. The smallest absolute Gasteiger partial charge is 0.125 e. The van der Waals surface area contributed by atoms with E-state index in [9.17, 15) is 5.11 Å². The molecule has 0 saturated heterocycles. The SMILES string of the molecule is C#C[C@@](C)(O)[C@@H]1C[C@H]2C=C[C@H]1C2. The maximum Gasteiger partial charge on any atom is 0.125 e. The quantitative estimate of drug-likeness (QED) is 0.458. The predicted molar refractivity (Wildman–Crippen MR) is 48.3 cm³/mol. The average Bonchev–Trinajstić information content (AvgIpc) is 2.64. The standard InChI is InChI=1S/C11H14O/c1-3-11(2,12)10-7-8-4-5-9(10)6-8/h1,4-5,8-10,12H,6-7H2,2H3/t8-,9-,10+,11+/m0/s1. The van der Waals surface area contributed by atoms with E-state index in [2.05, 4.69) is 18.1 Å².